The smallest absolute Gasteiger partial charge is 0.306 e. The fourth-order valence-electron chi connectivity index (χ4n) is 8.72. The maximum atomic E-state index is 13.5. The van der Waals surface area contributed by atoms with Gasteiger partial charge in [-0.3, -0.25) is 14.2 Å². The quantitative estimate of drug-likeness (QED) is 0.0212. The zero-order valence-electron chi connectivity index (χ0n) is 48.1. The minimum atomic E-state index is -4.70. The molecular weight excluding hydrogens is 916 g/mol. The summed E-state index contributed by atoms with van der Waals surface area (Å²) in [5, 5.41) is 3.02. The van der Waals surface area contributed by atoms with Gasteiger partial charge in [0.2, 0.25) is 5.91 Å². The number of carbonyl (C=O) groups is 2. The normalized spacial score (nSPS) is 14.0. The minimum absolute atomic E-state index is 0.0253. The van der Waals surface area contributed by atoms with E-state index in [0.717, 1.165) is 77.0 Å². The molecular formula is C62H117N2O7P. The van der Waals surface area contributed by atoms with Crippen LogP contribution in [0.15, 0.2) is 48.6 Å². The van der Waals surface area contributed by atoms with Crippen molar-refractivity contribution in [2.24, 2.45) is 0 Å². The summed E-state index contributed by atoms with van der Waals surface area (Å²) in [7, 11) is 1.18. The highest BCUT2D eigenvalue weighted by Gasteiger charge is 2.27. The molecule has 9 nitrogen and oxygen atoms in total. The number of ether oxygens (including phenoxy) is 1. The molecule has 0 bridgehead atoms. The third-order valence-corrected chi connectivity index (χ3v) is 14.4. The molecule has 0 aliphatic carbocycles. The lowest BCUT2D eigenvalue weighted by molar-refractivity contribution is -0.870. The van der Waals surface area contributed by atoms with Gasteiger partial charge in [0, 0.05) is 12.8 Å². The highest BCUT2D eigenvalue weighted by molar-refractivity contribution is 7.45. The largest absolute Gasteiger partial charge is 0.756 e. The van der Waals surface area contributed by atoms with Crippen LogP contribution in [0.5, 0.6) is 0 Å². The van der Waals surface area contributed by atoms with Gasteiger partial charge >= 0.3 is 5.97 Å². The second-order valence-electron chi connectivity index (χ2n) is 21.8. The Morgan fingerprint density at radius 2 is 0.847 bits per heavy atom. The van der Waals surface area contributed by atoms with Gasteiger partial charge < -0.3 is 28.5 Å². The standard InChI is InChI=1S/C62H117N2O7P/c1-7-10-13-16-19-22-25-28-30-31-32-33-34-37-40-43-46-49-52-55-62(66)71-60(53-50-47-44-41-38-35-27-24-21-18-15-12-9-3)59(58-70-72(67,68)69-57-56-64(4,5)6)63-61(65)54-51-48-45-42-39-36-29-26-23-20-17-14-11-8-2/h19,22,28,30,36,39,50,53,59-60H,7-18,20-21,23-27,29,31-35,37-38,40-49,51-52,54-58H2,1-6H3,(H-,63,65,67,68)/b22-19-,30-28-,39-36-,53-50+. The van der Waals surface area contributed by atoms with E-state index >= 15 is 0 Å². The second-order valence-corrected chi connectivity index (χ2v) is 23.3. The Kier molecular flexibility index (Phi) is 50.9. The molecule has 1 N–H and O–H groups in total. The first-order chi connectivity index (χ1) is 34.9. The molecule has 0 aliphatic heterocycles. The Morgan fingerprint density at radius 1 is 0.486 bits per heavy atom. The fourth-order valence-corrected chi connectivity index (χ4v) is 9.45. The van der Waals surface area contributed by atoms with Crippen LogP contribution in [0.4, 0.5) is 0 Å². The number of esters is 1. The highest BCUT2D eigenvalue weighted by Crippen LogP contribution is 2.38. The number of allylic oxidation sites excluding steroid dienone is 7. The average Bonchev–Trinajstić information content (AvgIpc) is 3.34. The molecule has 3 unspecified atom stereocenters. The maximum Gasteiger partial charge on any atom is 0.306 e. The number of hydrogen-bond donors (Lipinski definition) is 1. The molecule has 0 aliphatic rings. The SMILES string of the molecule is CCCCC/C=C\C/C=C\CCCCCCCCCCCC(=O)OC(/C=C/CCCCCCCCCCCCC)C(COP(=O)([O-])OCC[N+](C)(C)C)NC(=O)CCCCC/C=C\CCCCCCCCC. The van der Waals surface area contributed by atoms with E-state index in [9.17, 15) is 19.0 Å². The first-order valence-electron chi connectivity index (χ1n) is 30.4. The van der Waals surface area contributed by atoms with Crippen LogP contribution in [0, 0.1) is 0 Å². The summed E-state index contributed by atoms with van der Waals surface area (Å²) in [5.41, 5.74) is 0. The van der Waals surface area contributed by atoms with Gasteiger partial charge in [0.05, 0.1) is 33.8 Å². The Labute approximate surface area is 446 Å². The van der Waals surface area contributed by atoms with Crippen molar-refractivity contribution >= 4 is 19.7 Å². The molecule has 0 heterocycles. The van der Waals surface area contributed by atoms with Gasteiger partial charge in [0.15, 0.2) is 0 Å². The first-order valence-corrected chi connectivity index (χ1v) is 31.9. The van der Waals surface area contributed by atoms with E-state index in [-0.39, 0.29) is 24.9 Å². The number of nitrogens with zero attached hydrogens (tertiary/aromatic N) is 1. The van der Waals surface area contributed by atoms with Crippen LogP contribution in [0.2, 0.25) is 0 Å². The molecule has 0 aromatic heterocycles. The van der Waals surface area contributed by atoms with Crippen molar-refractivity contribution in [2.75, 3.05) is 40.9 Å². The number of unbranched alkanes of at least 4 members (excludes halogenated alkanes) is 33. The summed E-state index contributed by atoms with van der Waals surface area (Å²) >= 11 is 0. The minimum Gasteiger partial charge on any atom is -0.756 e. The van der Waals surface area contributed by atoms with Gasteiger partial charge in [-0.15, -0.1) is 0 Å². The Bertz CT molecular complexity index is 1380. The molecule has 10 heteroatoms. The van der Waals surface area contributed by atoms with Crippen molar-refractivity contribution in [2.45, 2.75) is 296 Å². The van der Waals surface area contributed by atoms with E-state index in [1.165, 1.54) is 167 Å². The molecule has 0 aromatic rings. The molecule has 1 amide bonds. The average molecular weight is 1030 g/mol. The van der Waals surface area contributed by atoms with Crippen LogP contribution >= 0.6 is 7.82 Å². The van der Waals surface area contributed by atoms with Crippen molar-refractivity contribution in [3.63, 3.8) is 0 Å². The van der Waals surface area contributed by atoms with Crippen molar-refractivity contribution in [3.05, 3.63) is 48.6 Å². The highest BCUT2D eigenvalue weighted by atomic mass is 31.2. The molecule has 0 saturated heterocycles. The zero-order chi connectivity index (χ0) is 52.9. The van der Waals surface area contributed by atoms with Gasteiger partial charge in [-0.05, 0) is 89.5 Å². The van der Waals surface area contributed by atoms with Crippen LogP contribution < -0.4 is 10.2 Å². The van der Waals surface area contributed by atoms with E-state index < -0.39 is 26.6 Å². The lowest BCUT2D eigenvalue weighted by Crippen LogP contribution is -2.47. The third kappa shape index (κ3) is 52.8. The predicted octanol–water partition coefficient (Wildman–Crippen LogP) is 17.9. The Balaban J connectivity index is 5.31. The summed E-state index contributed by atoms with van der Waals surface area (Å²) in [6.45, 7) is 6.82. The first kappa shape index (κ1) is 70.0. The summed E-state index contributed by atoms with van der Waals surface area (Å²) in [6.07, 6.45) is 63.5. The number of amides is 1. The molecule has 0 radical (unpaired) electrons. The van der Waals surface area contributed by atoms with Crippen LogP contribution in [-0.4, -0.2) is 69.4 Å². The Hall–Kier alpha value is -2.03. The number of nitrogens with one attached hydrogen (secondary N) is 1. The van der Waals surface area contributed by atoms with Crippen LogP contribution in [-0.2, 0) is 27.9 Å². The van der Waals surface area contributed by atoms with Crippen molar-refractivity contribution < 1.29 is 37.3 Å². The summed E-state index contributed by atoms with van der Waals surface area (Å²) in [5.74, 6) is -0.557. The lowest BCUT2D eigenvalue weighted by atomic mass is 10.0. The molecule has 3 atom stereocenters. The number of phosphoric ester groups is 1. The predicted molar refractivity (Wildman–Crippen MR) is 307 cm³/mol. The van der Waals surface area contributed by atoms with Crippen LogP contribution in [0.1, 0.15) is 284 Å². The number of phosphoric acid groups is 1. The zero-order valence-corrected chi connectivity index (χ0v) is 49.0. The van der Waals surface area contributed by atoms with Gasteiger partial charge in [-0.25, -0.2) is 0 Å². The van der Waals surface area contributed by atoms with E-state index in [4.69, 9.17) is 13.8 Å². The van der Waals surface area contributed by atoms with E-state index in [1.54, 1.807) is 0 Å². The monoisotopic (exact) mass is 1030 g/mol. The summed E-state index contributed by atoms with van der Waals surface area (Å²) < 4.78 is 30.3. The fraction of sp³-hybridized carbons (Fsp3) is 0.839. The van der Waals surface area contributed by atoms with Crippen LogP contribution in [0.25, 0.3) is 0 Å². The second kappa shape index (κ2) is 52.4. The number of rotatable bonds is 55. The summed E-state index contributed by atoms with van der Waals surface area (Å²) in [6, 6.07) is -0.896. The number of hydrogen-bond acceptors (Lipinski definition) is 7. The summed E-state index contributed by atoms with van der Waals surface area (Å²) in [4.78, 5) is 39.9. The van der Waals surface area contributed by atoms with Gasteiger partial charge in [-0.1, -0.05) is 230 Å². The molecule has 0 rings (SSSR count). The Morgan fingerprint density at radius 3 is 1.31 bits per heavy atom. The molecule has 0 spiro atoms. The number of quaternary nitrogens is 1. The van der Waals surface area contributed by atoms with E-state index in [2.05, 4.69) is 62.5 Å². The molecule has 422 valence electrons. The number of likely N-dealkylation sites (N-methyl/N-ethyl adjacent to an activating group) is 1. The molecule has 72 heavy (non-hydrogen) atoms. The van der Waals surface area contributed by atoms with E-state index in [0.29, 0.717) is 23.9 Å². The lowest BCUT2D eigenvalue weighted by Gasteiger charge is -2.30. The van der Waals surface area contributed by atoms with Crippen LogP contribution in [0.3, 0.4) is 0 Å². The van der Waals surface area contributed by atoms with Crippen molar-refractivity contribution in [1.29, 1.82) is 0 Å². The van der Waals surface area contributed by atoms with Gasteiger partial charge in [0.1, 0.15) is 19.3 Å². The molecule has 0 saturated carbocycles. The topological polar surface area (TPSA) is 114 Å². The van der Waals surface area contributed by atoms with E-state index in [1.807, 2.05) is 33.3 Å². The molecule has 0 fully saturated rings. The van der Waals surface area contributed by atoms with Gasteiger partial charge in [-0.2, -0.15) is 0 Å². The maximum absolute atomic E-state index is 13.5. The van der Waals surface area contributed by atoms with Crippen molar-refractivity contribution in [1.82, 2.24) is 5.32 Å². The molecule has 0 aromatic carbocycles. The van der Waals surface area contributed by atoms with Gasteiger partial charge in [0.25, 0.3) is 7.82 Å². The number of carbonyl (C=O) groups excluding carboxylic acids is 2. The third-order valence-electron chi connectivity index (χ3n) is 13.5. The van der Waals surface area contributed by atoms with Crippen molar-refractivity contribution in [3.8, 4) is 0 Å².